The van der Waals surface area contributed by atoms with Gasteiger partial charge in [-0.25, -0.2) is 4.79 Å². The van der Waals surface area contributed by atoms with Crippen molar-refractivity contribution in [2.24, 2.45) is 0 Å². The molecule has 0 unspecified atom stereocenters. The lowest BCUT2D eigenvalue weighted by Crippen LogP contribution is -2.43. The van der Waals surface area contributed by atoms with Gasteiger partial charge in [0, 0.05) is 32.5 Å². The molecule has 4 nitrogen and oxygen atoms in total. The van der Waals surface area contributed by atoms with Crippen LogP contribution in [0, 0.1) is 0 Å². The smallest absolute Gasteiger partial charge is 0.327 e. The third-order valence-electron chi connectivity index (χ3n) is 5.01. The molecule has 0 aromatic heterocycles. The average molecular weight is 458 g/mol. The molecule has 152 valence electrons. The van der Waals surface area contributed by atoms with Gasteiger partial charge in [-0.2, -0.15) is 0 Å². The number of aliphatic carboxylic acids is 1. The van der Waals surface area contributed by atoms with Crippen molar-refractivity contribution < 1.29 is 14.7 Å². The lowest BCUT2D eigenvalue weighted by molar-refractivity contribution is -0.141. The van der Waals surface area contributed by atoms with Gasteiger partial charge < -0.3 is 10.0 Å². The van der Waals surface area contributed by atoms with E-state index in [2.05, 4.69) is 0 Å². The molecule has 0 spiro atoms. The molecule has 4 rings (SSSR count). The summed E-state index contributed by atoms with van der Waals surface area (Å²) >= 11 is 14.0. The van der Waals surface area contributed by atoms with Crippen LogP contribution in [-0.4, -0.2) is 33.7 Å². The topological polar surface area (TPSA) is 57.6 Å². The van der Waals surface area contributed by atoms with Crippen LogP contribution in [-0.2, 0) is 4.79 Å². The first kappa shape index (κ1) is 20.8. The summed E-state index contributed by atoms with van der Waals surface area (Å²) in [6.45, 7) is 0. The number of carbonyl (C=O) groups is 2. The van der Waals surface area contributed by atoms with Crippen LogP contribution in [0.1, 0.15) is 21.3 Å². The summed E-state index contributed by atoms with van der Waals surface area (Å²) in [6.07, 6.45) is 0. The largest absolute Gasteiger partial charge is 0.480 e. The van der Waals surface area contributed by atoms with Crippen LogP contribution in [0.15, 0.2) is 72.8 Å². The van der Waals surface area contributed by atoms with E-state index in [0.717, 1.165) is 16.7 Å². The molecule has 3 aromatic carbocycles. The minimum atomic E-state index is -1.03. The SMILES string of the molecule is O=C(O)[C@@H]1CS[C@H](c2ccccc2Cl)N1C(=O)c1ccc(-c2ccccc2Cl)cc1. The summed E-state index contributed by atoms with van der Waals surface area (Å²) in [5.41, 5.74) is 2.89. The molecule has 7 heteroatoms. The van der Waals surface area contributed by atoms with Crippen LogP contribution in [0.3, 0.4) is 0 Å². The minimum absolute atomic E-state index is 0.300. The van der Waals surface area contributed by atoms with E-state index in [9.17, 15) is 14.7 Å². The average Bonchev–Trinajstić information content (AvgIpc) is 3.19. The fraction of sp³-hybridized carbons (Fsp3) is 0.130. The van der Waals surface area contributed by atoms with Gasteiger partial charge in [-0.05, 0) is 29.8 Å². The predicted molar refractivity (Wildman–Crippen MR) is 121 cm³/mol. The number of carboxylic acid groups (broad SMARTS) is 1. The van der Waals surface area contributed by atoms with Crippen LogP contribution in [0.2, 0.25) is 10.0 Å². The fourth-order valence-electron chi connectivity index (χ4n) is 3.50. The zero-order chi connectivity index (χ0) is 21.3. The van der Waals surface area contributed by atoms with Crippen molar-refractivity contribution in [3.05, 3.63) is 94.0 Å². The summed E-state index contributed by atoms with van der Waals surface area (Å²) in [5, 5.41) is 10.3. The van der Waals surface area contributed by atoms with Crippen molar-refractivity contribution in [2.45, 2.75) is 11.4 Å². The molecule has 1 heterocycles. The van der Waals surface area contributed by atoms with Crippen LogP contribution < -0.4 is 0 Å². The van der Waals surface area contributed by atoms with Crippen LogP contribution >= 0.6 is 35.0 Å². The highest BCUT2D eigenvalue weighted by Gasteiger charge is 2.43. The molecule has 2 atom stereocenters. The highest BCUT2D eigenvalue weighted by atomic mass is 35.5. The van der Waals surface area contributed by atoms with E-state index in [4.69, 9.17) is 23.2 Å². The maximum absolute atomic E-state index is 13.4. The first-order chi connectivity index (χ1) is 14.5. The normalized spacial score (nSPS) is 18.4. The number of amides is 1. The van der Waals surface area contributed by atoms with Crippen molar-refractivity contribution in [3.8, 4) is 11.1 Å². The Morgan fingerprint density at radius 2 is 1.53 bits per heavy atom. The molecule has 0 aliphatic carbocycles. The van der Waals surface area contributed by atoms with E-state index in [0.29, 0.717) is 21.4 Å². The number of carboxylic acids is 1. The molecule has 1 fully saturated rings. The summed E-state index contributed by atoms with van der Waals surface area (Å²) in [5.74, 6) is -1.07. The number of thioether (sulfide) groups is 1. The highest BCUT2D eigenvalue weighted by Crippen LogP contribution is 2.44. The summed E-state index contributed by atoms with van der Waals surface area (Å²) in [4.78, 5) is 26.6. The second-order valence-corrected chi connectivity index (χ2v) is 8.76. The lowest BCUT2D eigenvalue weighted by atomic mass is 10.0. The van der Waals surface area contributed by atoms with Crippen LogP contribution in [0.25, 0.3) is 11.1 Å². The number of halogens is 2. The molecule has 1 amide bonds. The van der Waals surface area contributed by atoms with E-state index < -0.39 is 17.4 Å². The van der Waals surface area contributed by atoms with Crippen LogP contribution in [0.5, 0.6) is 0 Å². The number of hydrogen-bond donors (Lipinski definition) is 1. The fourth-order valence-corrected chi connectivity index (χ4v) is 5.50. The zero-order valence-electron chi connectivity index (χ0n) is 15.7. The molecule has 30 heavy (non-hydrogen) atoms. The van der Waals surface area contributed by atoms with E-state index in [1.54, 1.807) is 24.3 Å². The molecular weight excluding hydrogens is 441 g/mol. The molecule has 0 radical (unpaired) electrons. The second-order valence-electron chi connectivity index (χ2n) is 6.83. The van der Waals surface area contributed by atoms with Crippen LogP contribution in [0.4, 0.5) is 0 Å². The van der Waals surface area contributed by atoms with Gasteiger partial charge in [-0.3, -0.25) is 4.79 Å². The Balaban J connectivity index is 1.68. The molecule has 1 aliphatic rings. The Kier molecular flexibility index (Phi) is 6.04. The van der Waals surface area contributed by atoms with Crippen molar-refractivity contribution in [3.63, 3.8) is 0 Å². The standard InChI is InChI=1S/C23H17Cl2NO3S/c24-18-7-3-1-5-16(18)14-9-11-15(12-10-14)21(27)26-20(23(28)29)13-30-22(26)17-6-2-4-8-19(17)25/h1-12,20,22H,13H2,(H,28,29)/t20-,22+/m0/s1. The summed E-state index contributed by atoms with van der Waals surface area (Å²) in [6, 6.07) is 20.8. The van der Waals surface area contributed by atoms with E-state index >= 15 is 0 Å². The first-order valence-corrected chi connectivity index (χ1v) is 11.0. The van der Waals surface area contributed by atoms with E-state index in [1.165, 1.54) is 16.7 Å². The predicted octanol–water partition coefficient (Wildman–Crippen LogP) is 6.00. The Bertz CT molecular complexity index is 1100. The second kappa shape index (κ2) is 8.72. The van der Waals surface area contributed by atoms with Gasteiger partial charge in [0.25, 0.3) is 5.91 Å². The van der Waals surface area contributed by atoms with Gasteiger partial charge in [0.15, 0.2) is 0 Å². The number of nitrogens with zero attached hydrogens (tertiary/aromatic N) is 1. The van der Waals surface area contributed by atoms with Gasteiger partial charge in [0.2, 0.25) is 0 Å². The molecule has 0 bridgehead atoms. The van der Waals surface area contributed by atoms with Gasteiger partial charge >= 0.3 is 5.97 Å². The molecule has 1 N–H and O–H groups in total. The van der Waals surface area contributed by atoms with E-state index in [1.807, 2.05) is 48.5 Å². The number of carbonyl (C=O) groups excluding carboxylic acids is 1. The van der Waals surface area contributed by atoms with Crippen molar-refractivity contribution in [2.75, 3.05) is 5.75 Å². The quantitative estimate of drug-likeness (QED) is 0.521. The lowest BCUT2D eigenvalue weighted by Gasteiger charge is -2.28. The van der Waals surface area contributed by atoms with E-state index in [-0.39, 0.29) is 5.91 Å². The number of hydrogen-bond acceptors (Lipinski definition) is 3. The molecular formula is C23H17Cl2NO3S. The van der Waals surface area contributed by atoms with Gasteiger partial charge in [0.05, 0.1) is 0 Å². The summed E-state index contributed by atoms with van der Waals surface area (Å²) < 4.78 is 0. The monoisotopic (exact) mass is 457 g/mol. The maximum atomic E-state index is 13.4. The Hall–Kier alpha value is -2.47. The molecule has 0 saturated carbocycles. The molecule has 3 aromatic rings. The number of benzene rings is 3. The summed E-state index contributed by atoms with van der Waals surface area (Å²) in [7, 11) is 0. The van der Waals surface area contributed by atoms with Crippen molar-refractivity contribution in [1.29, 1.82) is 0 Å². The minimum Gasteiger partial charge on any atom is -0.480 e. The van der Waals surface area contributed by atoms with Crippen molar-refractivity contribution in [1.82, 2.24) is 4.90 Å². The third-order valence-corrected chi connectivity index (χ3v) is 6.99. The van der Waals surface area contributed by atoms with Crippen molar-refractivity contribution >= 4 is 46.8 Å². The Labute approximate surface area is 188 Å². The molecule has 1 aliphatic heterocycles. The Morgan fingerprint density at radius 3 is 2.17 bits per heavy atom. The van der Waals surface area contributed by atoms with Gasteiger partial charge in [-0.15, -0.1) is 11.8 Å². The maximum Gasteiger partial charge on any atom is 0.327 e. The van der Waals surface area contributed by atoms with Gasteiger partial charge in [-0.1, -0.05) is 71.7 Å². The van der Waals surface area contributed by atoms with Gasteiger partial charge in [0.1, 0.15) is 11.4 Å². The highest BCUT2D eigenvalue weighted by molar-refractivity contribution is 7.99. The first-order valence-electron chi connectivity index (χ1n) is 9.24. The molecule has 1 saturated heterocycles. The zero-order valence-corrected chi connectivity index (χ0v) is 18.0. The Morgan fingerprint density at radius 1 is 0.900 bits per heavy atom. The third kappa shape index (κ3) is 3.93. The number of rotatable bonds is 4.